The number of rotatable bonds is 6. The molecule has 160 valence electrons. The lowest BCUT2D eigenvalue weighted by Gasteiger charge is -2.12. The Bertz CT molecular complexity index is 1150. The number of nitro benzene ring substituents is 1. The highest BCUT2D eigenvalue weighted by Gasteiger charge is 2.18. The third kappa shape index (κ3) is 5.32. The van der Waals surface area contributed by atoms with Gasteiger partial charge in [-0.15, -0.1) is 0 Å². The van der Waals surface area contributed by atoms with Crippen molar-refractivity contribution in [3.8, 4) is 0 Å². The first kappa shape index (κ1) is 22.1. The molecule has 2 N–H and O–H groups in total. The molecule has 0 unspecified atom stereocenters. The Balaban J connectivity index is 1.68. The number of anilines is 2. The fourth-order valence-electron chi connectivity index (χ4n) is 3.29. The van der Waals surface area contributed by atoms with Gasteiger partial charge in [0.2, 0.25) is 5.91 Å². The molecule has 9 heteroatoms. The molecular weight excluding hydrogens is 416 g/mol. The Labute approximate surface area is 183 Å². The van der Waals surface area contributed by atoms with Crippen molar-refractivity contribution in [3.63, 3.8) is 0 Å². The first-order valence-corrected chi connectivity index (χ1v) is 10.4. The van der Waals surface area contributed by atoms with Gasteiger partial charge >= 0.3 is 0 Å². The molecule has 3 aromatic rings. The Morgan fingerprint density at radius 1 is 1.03 bits per heavy atom. The van der Waals surface area contributed by atoms with Gasteiger partial charge in [0, 0.05) is 17.8 Å². The number of aromatic nitrogens is 1. The van der Waals surface area contributed by atoms with E-state index in [1.807, 2.05) is 32.9 Å². The number of hydrogen-bond acceptors (Lipinski definition) is 6. The minimum absolute atomic E-state index is 0.0330. The monoisotopic (exact) mass is 438 g/mol. The predicted octanol–water partition coefficient (Wildman–Crippen LogP) is 4.72. The first-order chi connectivity index (χ1) is 14.6. The normalized spacial score (nSPS) is 10.6. The number of amides is 2. The molecule has 1 aromatic heterocycles. The van der Waals surface area contributed by atoms with Crippen LogP contribution >= 0.6 is 11.3 Å². The number of nitrogens with zero attached hydrogens (tertiary/aromatic N) is 2. The summed E-state index contributed by atoms with van der Waals surface area (Å²) in [5, 5.41) is 16.7. The van der Waals surface area contributed by atoms with Crippen LogP contribution < -0.4 is 10.6 Å². The summed E-state index contributed by atoms with van der Waals surface area (Å²) in [6, 6.07) is 9.80. The molecule has 0 saturated carbocycles. The van der Waals surface area contributed by atoms with E-state index in [-0.39, 0.29) is 23.9 Å². The molecule has 0 atom stereocenters. The molecule has 0 aliphatic heterocycles. The molecular formula is C22H22N4O4S. The lowest BCUT2D eigenvalue weighted by atomic mass is 10.1. The highest BCUT2D eigenvalue weighted by atomic mass is 32.1. The summed E-state index contributed by atoms with van der Waals surface area (Å²) >= 11 is 1.10. The number of aryl methyl sites for hydroxylation is 4. The van der Waals surface area contributed by atoms with Crippen molar-refractivity contribution in [1.82, 2.24) is 4.98 Å². The zero-order valence-corrected chi connectivity index (χ0v) is 18.4. The van der Waals surface area contributed by atoms with Crippen LogP contribution in [0.3, 0.4) is 0 Å². The van der Waals surface area contributed by atoms with E-state index in [0.717, 1.165) is 33.7 Å². The lowest BCUT2D eigenvalue weighted by molar-refractivity contribution is -0.384. The Morgan fingerprint density at radius 2 is 1.65 bits per heavy atom. The van der Waals surface area contributed by atoms with Gasteiger partial charge in [0.05, 0.1) is 17.0 Å². The zero-order valence-electron chi connectivity index (χ0n) is 17.6. The molecule has 3 rings (SSSR count). The summed E-state index contributed by atoms with van der Waals surface area (Å²) in [5.41, 5.74) is 4.98. The van der Waals surface area contributed by atoms with Crippen molar-refractivity contribution in [2.45, 2.75) is 34.1 Å². The molecule has 0 fully saturated rings. The van der Waals surface area contributed by atoms with Crippen LogP contribution in [0.25, 0.3) is 0 Å². The Hall–Kier alpha value is -3.59. The molecule has 0 bridgehead atoms. The third-order valence-corrected chi connectivity index (χ3v) is 5.75. The van der Waals surface area contributed by atoms with Crippen molar-refractivity contribution in [2.75, 3.05) is 10.6 Å². The van der Waals surface area contributed by atoms with Crippen LogP contribution in [-0.4, -0.2) is 21.7 Å². The zero-order chi connectivity index (χ0) is 22.7. The fourth-order valence-corrected chi connectivity index (χ4v) is 4.17. The van der Waals surface area contributed by atoms with Gasteiger partial charge < -0.3 is 10.6 Å². The molecule has 0 radical (unpaired) electrons. The van der Waals surface area contributed by atoms with Crippen molar-refractivity contribution < 1.29 is 14.5 Å². The van der Waals surface area contributed by atoms with Crippen LogP contribution in [0.1, 0.15) is 37.6 Å². The first-order valence-electron chi connectivity index (χ1n) is 9.54. The predicted molar refractivity (Wildman–Crippen MR) is 121 cm³/mol. The van der Waals surface area contributed by atoms with Crippen molar-refractivity contribution >= 4 is 39.7 Å². The number of nitrogens with one attached hydrogen (secondary N) is 2. The van der Waals surface area contributed by atoms with Crippen molar-refractivity contribution in [1.29, 1.82) is 0 Å². The van der Waals surface area contributed by atoms with Gasteiger partial charge in [-0.2, -0.15) is 0 Å². The van der Waals surface area contributed by atoms with Crippen molar-refractivity contribution in [3.05, 3.63) is 79.3 Å². The van der Waals surface area contributed by atoms with Crippen LogP contribution in [0.2, 0.25) is 0 Å². The number of benzene rings is 2. The molecule has 2 aromatic carbocycles. The molecule has 0 spiro atoms. The standard InChI is InChI=1S/C22H22N4O4S/c1-12-9-13(2)19(14(3)10-12)25-21(28)20-15(4)23-22(31-20)24-18(27)11-16-5-7-17(8-6-16)26(29)30/h5-10H,11H2,1-4H3,(H,25,28)(H,23,24,27). The second kappa shape index (κ2) is 9.05. The molecule has 8 nitrogen and oxygen atoms in total. The summed E-state index contributed by atoms with van der Waals surface area (Å²) in [5.74, 6) is -0.597. The van der Waals surface area contributed by atoms with Gasteiger partial charge in [0.1, 0.15) is 4.88 Å². The van der Waals surface area contributed by atoms with E-state index in [1.165, 1.54) is 24.3 Å². The van der Waals surface area contributed by atoms with Gasteiger partial charge in [0.25, 0.3) is 11.6 Å². The topological polar surface area (TPSA) is 114 Å². The van der Waals surface area contributed by atoms with Crippen LogP contribution in [0.5, 0.6) is 0 Å². The summed E-state index contributed by atoms with van der Waals surface area (Å²) < 4.78 is 0. The number of thiazole rings is 1. The van der Waals surface area contributed by atoms with Crippen LogP contribution in [0.15, 0.2) is 36.4 Å². The quantitative estimate of drug-likeness (QED) is 0.427. The number of nitro groups is 1. The van der Waals surface area contributed by atoms with Gasteiger partial charge in [-0.05, 0) is 44.4 Å². The summed E-state index contributed by atoms with van der Waals surface area (Å²) in [4.78, 5) is 40.1. The maximum atomic E-state index is 12.8. The molecule has 0 aliphatic rings. The van der Waals surface area contributed by atoms with Gasteiger partial charge in [-0.25, -0.2) is 4.98 Å². The second-order valence-electron chi connectivity index (χ2n) is 7.31. The van der Waals surface area contributed by atoms with Crippen molar-refractivity contribution in [2.24, 2.45) is 0 Å². The Morgan fingerprint density at radius 3 is 2.23 bits per heavy atom. The number of non-ortho nitro benzene ring substituents is 1. The van der Waals surface area contributed by atoms with E-state index in [2.05, 4.69) is 15.6 Å². The molecule has 0 aliphatic carbocycles. The fraction of sp³-hybridized carbons (Fsp3) is 0.227. The SMILES string of the molecule is Cc1cc(C)c(NC(=O)c2sc(NC(=O)Cc3ccc([N+](=O)[O-])cc3)nc2C)c(C)c1. The van der Waals surface area contributed by atoms with Crippen LogP contribution in [0, 0.1) is 37.8 Å². The molecule has 0 saturated heterocycles. The molecule has 1 heterocycles. The minimum atomic E-state index is -0.492. The maximum Gasteiger partial charge on any atom is 0.269 e. The van der Waals surface area contributed by atoms with Gasteiger partial charge in [-0.3, -0.25) is 19.7 Å². The smallest absolute Gasteiger partial charge is 0.269 e. The maximum absolute atomic E-state index is 12.8. The second-order valence-corrected chi connectivity index (χ2v) is 8.31. The average molecular weight is 439 g/mol. The third-order valence-electron chi connectivity index (χ3n) is 4.68. The Kier molecular flexibility index (Phi) is 6.45. The van der Waals surface area contributed by atoms with Crippen LogP contribution in [-0.2, 0) is 11.2 Å². The molecule has 2 amide bonds. The van der Waals surface area contributed by atoms with Crippen LogP contribution in [0.4, 0.5) is 16.5 Å². The lowest BCUT2D eigenvalue weighted by Crippen LogP contribution is -2.14. The number of carbonyl (C=O) groups excluding carboxylic acids is 2. The number of hydrogen-bond donors (Lipinski definition) is 2. The van der Waals surface area contributed by atoms with E-state index in [1.54, 1.807) is 6.92 Å². The highest BCUT2D eigenvalue weighted by molar-refractivity contribution is 7.17. The van der Waals surface area contributed by atoms with Gasteiger partial charge in [0.15, 0.2) is 5.13 Å². The highest BCUT2D eigenvalue weighted by Crippen LogP contribution is 2.27. The van der Waals surface area contributed by atoms with E-state index in [0.29, 0.717) is 21.3 Å². The average Bonchev–Trinajstić information content (AvgIpc) is 3.04. The minimum Gasteiger partial charge on any atom is -0.321 e. The van der Waals surface area contributed by atoms with E-state index in [9.17, 15) is 19.7 Å². The van der Waals surface area contributed by atoms with E-state index in [4.69, 9.17) is 0 Å². The number of carbonyl (C=O) groups is 2. The molecule has 31 heavy (non-hydrogen) atoms. The largest absolute Gasteiger partial charge is 0.321 e. The van der Waals surface area contributed by atoms with Gasteiger partial charge in [-0.1, -0.05) is 41.2 Å². The van der Waals surface area contributed by atoms with E-state index >= 15 is 0 Å². The summed E-state index contributed by atoms with van der Waals surface area (Å²) in [6.45, 7) is 7.61. The van der Waals surface area contributed by atoms with E-state index < -0.39 is 4.92 Å². The summed E-state index contributed by atoms with van der Waals surface area (Å²) in [6.07, 6.45) is 0.0416. The summed E-state index contributed by atoms with van der Waals surface area (Å²) in [7, 11) is 0.